The first kappa shape index (κ1) is 14.8. The van der Waals surface area contributed by atoms with Crippen molar-refractivity contribution >= 4 is 22.9 Å². The average Bonchev–Trinajstić information content (AvgIpc) is 3.04. The number of rotatable bonds is 4. The third-order valence-corrected chi connectivity index (χ3v) is 4.26. The Morgan fingerprint density at radius 2 is 1.95 bits per heavy atom. The minimum atomic E-state index is 0.452. The molecule has 22 heavy (non-hydrogen) atoms. The first-order valence-electron chi connectivity index (χ1n) is 6.51. The van der Waals surface area contributed by atoms with E-state index in [4.69, 9.17) is 21.1 Å². The normalized spacial score (nSPS) is 10.5. The molecule has 0 saturated carbocycles. The molecule has 0 amide bonds. The zero-order valence-corrected chi connectivity index (χ0v) is 13.6. The zero-order chi connectivity index (χ0) is 15.5. The maximum absolute atomic E-state index is 5.94. The SMILES string of the molecule is COc1ccc(OC)c(-c2csc(-c3ccnc(Cl)c3)n2)c1. The van der Waals surface area contributed by atoms with Gasteiger partial charge in [-0.2, -0.15) is 0 Å². The lowest BCUT2D eigenvalue weighted by molar-refractivity contribution is 0.404. The summed E-state index contributed by atoms with van der Waals surface area (Å²) >= 11 is 7.48. The summed E-state index contributed by atoms with van der Waals surface area (Å²) in [5.74, 6) is 1.52. The lowest BCUT2D eigenvalue weighted by atomic mass is 10.1. The number of hydrogen-bond acceptors (Lipinski definition) is 5. The Balaban J connectivity index is 2.04. The van der Waals surface area contributed by atoms with Crippen LogP contribution in [0.4, 0.5) is 0 Å². The molecule has 0 fully saturated rings. The van der Waals surface area contributed by atoms with Crippen molar-refractivity contribution in [2.75, 3.05) is 14.2 Å². The van der Waals surface area contributed by atoms with E-state index >= 15 is 0 Å². The molecule has 6 heteroatoms. The Morgan fingerprint density at radius 3 is 2.68 bits per heavy atom. The average molecular weight is 333 g/mol. The molecule has 2 heterocycles. The van der Waals surface area contributed by atoms with Crippen molar-refractivity contribution in [2.45, 2.75) is 0 Å². The summed E-state index contributed by atoms with van der Waals surface area (Å²) in [4.78, 5) is 8.66. The van der Waals surface area contributed by atoms with Crippen LogP contribution in [0.1, 0.15) is 0 Å². The molecule has 112 valence electrons. The summed E-state index contributed by atoms with van der Waals surface area (Å²) in [5.41, 5.74) is 2.67. The van der Waals surface area contributed by atoms with E-state index in [0.717, 1.165) is 33.3 Å². The fraction of sp³-hybridized carbons (Fsp3) is 0.125. The Hall–Kier alpha value is -2.11. The van der Waals surface area contributed by atoms with Crippen LogP contribution >= 0.6 is 22.9 Å². The highest BCUT2D eigenvalue weighted by molar-refractivity contribution is 7.13. The monoisotopic (exact) mass is 332 g/mol. The Bertz CT molecular complexity index is 804. The van der Waals surface area contributed by atoms with Crippen molar-refractivity contribution < 1.29 is 9.47 Å². The van der Waals surface area contributed by atoms with Crippen LogP contribution in [-0.2, 0) is 0 Å². The van der Waals surface area contributed by atoms with E-state index in [-0.39, 0.29) is 0 Å². The number of methoxy groups -OCH3 is 2. The summed E-state index contributed by atoms with van der Waals surface area (Å²) in [6, 6.07) is 9.33. The summed E-state index contributed by atoms with van der Waals surface area (Å²) < 4.78 is 10.7. The van der Waals surface area contributed by atoms with Gasteiger partial charge in [-0.3, -0.25) is 0 Å². The van der Waals surface area contributed by atoms with Crippen LogP contribution in [0.25, 0.3) is 21.8 Å². The highest BCUT2D eigenvalue weighted by Crippen LogP contribution is 2.36. The molecule has 0 atom stereocenters. The van der Waals surface area contributed by atoms with Gasteiger partial charge in [-0.15, -0.1) is 11.3 Å². The molecule has 0 N–H and O–H groups in total. The van der Waals surface area contributed by atoms with Gasteiger partial charge >= 0.3 is 0 Å². The summed E-state index contributed by atoms with van der Waals surface area (Å²) in [6.45, 7) is 0. The molecule has 0 saturated heterocycles. The molecule has 0 bridgehead atoms. The van der Waals surface area contributed by atoms with E-state index in [2.05, 4.69) is 9.97 Å². The fourth-order valence-electron chi connectivity index (χ4n) is 2.08. The van der Waals surface area contributed by atoms with E-state index in [1.54, 1.807) is 37.8 Å². The molecular weight excluding hydrogens is 320 g/mol. The molecule has 0 radical (unpaired) electrons. The molecule has 0 aliphatic rings. The molecule has 3 rings (SSSR count). The number of halogens is 1. The van der Waals surface area contributed by atoms with E-state index in [0.29, 0.717) is 5.15 Å². The summed E-state index contributed by atoms with van der Waals surface area (Å²) in [7, 11) is 3.28. The molecule has 4 nitrogen and oxygen atoms in total. The molecule has 2 aromatic heterocycles. The highest BCUT2D eigenvalue weighted by Gasteiger charge is 2.12. The number of thiazole rings is 1. The van der Waals surface area contributed by atoms with Gasteiger partial charge in [-0.25, -0.2) is 9.97 Å². The molecule has 3 aromatic rings. The van der Waals surface area contributed by atoms with Gasteiger partial charge in [0.1, 0.15) is 21.7 Å². The number of hydrogen-bond donors (Lipinski definition) is 0. The van der Waals surface area contributed by atoms with E-state index in [1.165, 1.54) is 0 Å². The topological polar surface area (TPSA) is 44.2 Å². The lowest BCUT2D eigenvalue weighted by Crippen LogP contribution is -1.90. The minimum absolute atomic E-state index is 0.452. The van der Waals surface area contributed by atoms with Gasteiger partial charge in [0.25, 0.3) is 0 Å². The van der Waals surface area contributed by atoms with Crippen molar-refractivity contribution in [3.05, 3.63) is 47.1 Å². The number of nitrogens with zero attached hydrogens (tertiary/aromatic N) is 2. The minimum Gasteiger partial charge on any atom is -0.497 e. The van der Waals surface area contributed by atoms with Gasteiger partial charge in [0.05, 0.1) is 19.9 Å². The maximum Gasteiger partial charge on any atom is 0.129 e. The second-order valence-electron chi connectivity index (χ2n) is 4.47. The van der Waals surface area contributed by atoms with E-state index in [9.17, 15) is 0 Å². The third-order valence-electron chi connectivity index (χ3n) is 3.16. The molecule has 0 aliphatic heterocycles. The summed E-state index contributed by atoms with van der Waals surface area (Å²) in [6.07, 6.45) is 1.67. The second kappa shape index (κ2) is 6.34. The van der Waals surface area contributed by atoms with Gasteiger partial charge in [-0.05, 0) is 30.3 Å². The van der Waals surface area contributed by atoms with Crippen LogP contribution in [0.15, 0.2) is 41.9 Å². The Labute approximate surface area is 137 Å². The van der Waals surface area contributed by atoms with Crippen molar-refractivity contribution in [1.82, 2.24) is 9.97 Å². The van der Waals surface area contributed by atoms with Crippen LogP contribution in [0.3, 0.4) is 0 Å². The van der Waals surface area contributed by atoms with Crippen LogP contribution in [0.2, 0.25) is 5.15 Å². The fourth-order valence-corrected chi connectivity index (χ4v) is 3.07. The standard InChI is InChI=1S/C16H13ClN2O2S/c1-20-11-3-4-14(21-2)12(8-11)13-9-22-16(19-13)10-5-6-18-15(17)7-10/h3-9H,1-2H3. The third kappa shape index (κ3) is 2.91. The smallest absolute Gasteiger partial charge is 0.129 e. The number of aromatic nitrogens is 2. The van der Waals surface area contributed by atoms with Crippen LogP contribution in [-0.4, -0.2) is 24.2 Å². The zero-order valence-electron chi connectivity index (χ0n) is 12.0. The van der Waals surface area contributed by atoms with Crippen molar-refractivity contribution in [2.24, 2.45) is 0 Å². The molecule has 1 aromatic carbocycles. The predicted molar refractivity (Wildman–Crippen MR) is 88.9 cm³/mol. The van der Waals surface area contributed by atoms with Crippen LogP contribution in [0, 0.1) is 0 Å². The molecule has 0 aliphatic carbocycles. The Kier molecular flexibility index (Phi) is 4.27. The predicted octanol–water partition coefficient (Wildman–Crippen LogP) is 4.54. The van der Waals surface area contributed by atoms with Gasteiger partial charge < -0.3 is 9.47 Å². The molecule has 0 unspecified atom stereocenters. The van der Waals surface area contributed by atoms with E-state index < -0.39 is 0 Å². The lowest BCUT2D eigenvalue weighted by Gasteiger charge is -2.08. The quantitative estimate of drug-likeness (QED) is 0.658. The molecular formula is C16H13ClN2O2S. The highest BCUT2D eigenvalue weighted by atomic mass is 35.5. The molecule has 0 spiro atoms. The summed E-state index contributed by atoms with van der Waals surface area (Å²) in [5, 5.41) is 3.32. The van der Waals surface area contributed by atoms with Gasteiger partial charge in [0, 0.05) is 22.7 Å². The van der Waals surface area contributed by atoms with Gasteiger partial charge in [-0.1, -0.05) is 11.6 Å². The first-order valence-corrected chi connectivity index (χ1v) is 7.77. The van der Waals surface area contributed by atoms with Gasteiger partial charge in [0.15, 0.2) is 0 Å². The van der Waals surface area contributed by atoms with Crippen LogP contribution in [0.5, 0.6) is 11.5 Å². The number of benzene rings is 1. The maximum atomic E-state index is 5.94. The van der Waals surface area contributed by atoms with Gasteiger partial charge in [0.2, 0.25) is 0 Å². The van der Waals surface area contributed by atoms with Crippen molar-refractivity contribution in [3.8, 4) is 33.3 Å². The van der Waals surface area contributed by atoms with E-state index in [1.807, 2.05) is 29.6 Å². The Morgan fingerprint density at radius 1 is 1.09 bits per heavy atom. The number of ether oxygens (including phenoxy) is 2. The largest absolute Gasteiger partial charge is 0.497 e. The first-order chi connectivity index (χ1) is 10.7. The second-order valence-corrected chi connectivity index (χ2v) is 5.72. The van der Waals surface area contributed by atoms with Crippen molar-refractivity contribution in [1.29, 1.82) is 0 Å². The van der Waals surface area contributed by atoms with Crippen molar-refractivity contribution in [3.63, 3.8) is 0 Å². The number of pyridine rings is 1. The van der Waals surface area contributed by atoms with Crippen LogP contribution < -0.4 is 9.47 Å².